The van der Waals surface area contributed by atoms with E-state index < -0.39 is 0 Å². The minimum atomic E-state index is 0.609. The maximum absolute atomic E-state index is 2.54. The van der Waals surface area contributed by atoms with Gasteiger partial charge in [-0.1, -0.05) is 130 Å². The minimum Gasteiger partial charge on any atom is -0.234 e. The van der Waals surface area contributed by atoms with Crippen LogP contribution in [0.2, 0.25) is 0 Å². The summed E-state index contributed by atoms with van der Waals surface area (Å²) in [4.78, 5) is 0. The van der Waals surface area contributed by atoms with E-state index in [9.17, 15) is 0 Å². The van der Waals surface area contributed by atoms with Crippen LogP contribution in [0.3, 0.4) is 0 Å². The van der Waals surface area contributed by atoms with Gasteiger partial charge < -0.3 is 0 Å². The maximum Gasteiger partial charge on any atom is 0.258 e. The lowest BCUT2D eigenvalue weighted by atomic mass is 10.0. The monoisotopic (exact) mass is 447 g/mol. The molecule has 0 aliphatic carbocycles. The van der Waals surface area contributed by atoms with E-state index in [1.807, 2.05) is 0 Å². The van der Waals surface area contributed by atoms with Crippen molar-refractivity contribution >= 4 is 0 Å². The first-order chi connectivity index (χ1) is 15.7. The summed E-state index contributed by atoms with van der Waals surface area (Å²) >= 11 is 0. The molecule has 0 unspecified atom stereocenters. The van der Waals surface area contributed by atoms with Crippen molar-refractivity contribution < 1.29 is 4.57 Å². The van der Waals surface area contributed by atoms with Gasteiger partial charge in [0.25, 0.3) is 5.82 Å². The predicted molar refractivity (Wildman–Crippen MR) is 142 cm³/mol. The van der Waals surface area contributed by atoms with Crippen LogP contribution >= 0.6 is 0 Å². The van der Waals surface area contributed by atoms with Crippen LogP contribution in [0.4, 0.5) is 0 Å². The van der Waals surface area contributed by atoms with Gasteiger partial charge in [-0.25, -0.2) is 9.13 Å². The van der Waals surface area contributed by atoms with Gasteiger partial charge >= 0.3 is 0 Å². The molecule has 2 nitrogen and oxygen atoms in total. The van der Waals surface area contributed by atoms with Crippen LogP contribution in [-0.2, 0) is 13.1 Å². The Kier molecular flexibility index (Phi) is 19.0. The van der Waals surface area contributed by atoms with Gasteiger partial charge in [-0.2, -0.15) is 0 Å². The number of rotatable bonds is 23. The molecule has 0 fully saturated rings. The van der Waals surface area contributed by atoms with Crippen molar-refractivity contribution in [3.63, 3.8) is 0 Å². The Bertz CT molecular complexity index is 517. The second kappa shape index (κ2) is 20.8. The Morgan fingerprint density at radius 2 is 1.00 bits per heavy atom. The van der Waals surface area contributed by atoms with E-state index in [4.69, 9.17) is 0 Å². The third kappa shape index (κ3) is 14.4. The van der Waals surface area contributed by atoms with Gasteiger partial charge in [-0.15, -0.1) is 0 Å². The summed E-state index contributed by atoms with van der Waals surface area (Å²) in [5, 5.41) is 0. The number of hydrogen-bond acceptors (Lipinski definition) is 0. The first-order valence-electron chi connectivity index (χ1n) is 14.8. The van der Waals surface area contributed by atoms with Crippen LogP contribution in [0.1, 0.15) is 168 Å². The fourth-order valence-electron chi connectivity index (χ4n) is 5.06. The van der Waals surface area contributed by atoms with Crippen LogP contribution < -0.4 is 4.57 Å². The quantitative estimate of drug-likeness (QED) is 0.117. The van der Waals surface area contributed by atoms with Crippen LogP contribution in [0, 0.1) is 0 Å². The molecule has 0 aliphatic rings. The highest BCUT2D eigenvalue weighted by atomic mass is 15.1. The zero-order valence-corrected chi connectivity index (χ0v) is 22.7. The average molecular weight is 448 g/mol. The van der Waals surface area contributed by atoms with Gasteiger partial charge in [0.05, 0.1) is 19.0 Å². The van der Waals surface area contributed by atoms with Gasteiger partial charge in [0.15, 0.2) is 0 Å². The van der Waals surface area contributed by atoms with Crippen molar-refractivity contribution in [2.75, 3.05) is 0 Å². The molecule has 0 radical (unpaired) electrons. The third-order valence-corrected chi connectivity index (χ3v) is 7.04. The summed E-state index contributed by atoms with van der Waals surface area (Å²) in [5.74, 6) is 2.14. The molecule has 0 spiro atoms. The molecule has 0 bridgehead atoms. The lowest BCUT2D eigenvalue weighted by molar-refractivity contribution is -0.705. The Hall–Kier alpha value is -0.790. The van der Waals surface area contributed by atoms with Crippen molar-refractivity contribution in [3.8, 4) is 0 Å². The van der Waals surface area contributed by atoms with Crippen molar-refractivity contribution in [2.45, 2.75) is 175 Å². The van der Waals surface area contributed by atoms with E-state index in [1.165, 1.54) is 147 Å². The molecule has 1 heterocycles. The van der Waals surface area contributed by atoms with E-state index in [0.29, 0.717) is 5.92 Å². The first kappa shape index (κ1) is 29.2. The molecular formula is C30H59N2+. The van der Waals surface area contributed by atoms with Gasteiger partial charge in [0, 0.05) is 0 Å². The number of aryl methyl sites for hydroxylation is 2. The maximum atomic E-state index is 2.54. The zero-order chi connectivity index (χ0) is 23.3. The molecule has 0 amide bonds. The normalized spacial score (nSPS) is 11.7. The van der Waals surface area contributed by atoms with Crippen molar-refractivity contribution in [3.05, 3.63) is 18.2 Å². The highest BCUT2D eigenvalue weighted by Gasteiger charge is 2.19. The molecule has 0 saturated carbocycles. The molecule has 0 saturated heterocycles. The molecule has 0 aliphatic heterocycles. The summed E-state index contributed by atoms with van der Waals surface area (Å²) in [6, 6.07) is 0. The number of nitrogens with zero attached hydrogens (tertiary/aromatic N) is 2. The fraction of sp³-hybridized carbons (Fsp3) is 0.900. The Balaban J connectivity index is 2.00. The standard InChI is InChI=1S/C30H59N2/c1-5-7-9-11-12-13-14-15-16-17-18-19-20-21-22-24-26-32-28-27-31(30(32)29(3)4)25-23-10-8-6-2/h27-29H,5-26H2,1-4H3/q+1. The van der Waals surface area contributed by atoms with Gasteiger partial charge in [0.1, 0.15) is 12.4 Å². The highest BCUT2D eigenvalue weighted by molar-refractivity contribution is 4.89. The Morgan fingerprint density at radius 3 is 1.44 bits per heavy atom. The molecule has 1 rings (SSSR count). The lowest BCUT2D eigenvalue weighted by Crippen LogP contribution is -2.38. The molecule has 0 atom stereocenters. The predicted octanol–water partition coefficient (Wildman–Crippen LogP) is 9.74. The van der Waals surface area contributed by atoms with E-state index >= 15 is 0 Å². The van der Waals surface area contributed by atoms with E-state index in [1.54, 1.807) is 0 Å². The number of imidazole rings is 1. The molecule has 1 aromatic rings. The second-order valence-electron chi connectivity index (χ2n) is 10.6. The number of aromatic nitrogens is 2. The van der Waals surface area contributed by atoms with E-state index in [2.05, 4.69) is 49.2 Å². The molecule has 32 heavy (non-hydrogen) atoms. The van der Waals surface area contributed by atoms with Crippen LogP contribution in [0.15, 0.2) is 12.4 Å². The lowest BCUT2D eigenvalue weighted by Gasteiger charge is -2.08. The number of hydrogen-bond donors (Lipinski definition) is 0. The largest absolute Gasteiger partial charge is 0.258 e. The van der Waals surface area contributed by atoms with Crippen LogP contribution in [0.5, 0.6) is 0 Å². The average Bonchev–Trinajstić information content (AvgIpc) is 3.19. The molecule has 1 aromatic heterocycles. The summed E-state index contributed by atoms with van der Waals surface area (Å²) in [5.41, 5.74) is 0. The van der Waals surface area contributed by atoms with Crippen molar-refractivity contribution in [1.29, 1.82) is 0 Å². The smallest absolute Gasteiger partial charge is 0.234 e. The minimum absolute atomic E-state index is 0.609. The topological polar surface area (TPSA) is 8.81 Å². The first-order valence-corrected chi connectivity index (χ1v) is 14.8. The summed E-state index contributed by atoms with van der Waals surface area (Å²) in [6.07, 6.45) is 33.1. The molecule has 2 heteroatoms. The fourth-order valence-corrected chi connectivity index (χ4v) is 5.06. The van der Waals surface area contributed by atoms with Crippen LogP contribution in [-0.4, -0.2) is 4.57 Å². The van der Waals surface area contributed by atoms with E-state index in [0.717, 1.165) is 0 Å². The summed E-state index contributed by atoms with van der Waals surface area (Å²) in [7, 11) is 0. The van der Waals surface area contributed by atoms with Gasteiger partial charge in [-0.05, 0) is 25.7 Å². The Morgan fingerprint density at radius 1 is 0.594 bits per heavy atom. The highest BCUT2D eigenvalue weighted by Crippen LogP contribution is 2.15. The van der Waals surface area contributed by atoms with E-state index in [-0.39, 0.29) is 0 Å². The SMILES string of the molecule is CCCCCCCCCCCCCCCCCC[n+]1ccn(CCCCCC)c1C(C)C. The summed E-state index contributed by atoms with van der Waals surface area (Å²) < 4.78 is 5.06. The molecule has 0 N–H and O–H groups in total. The number of unbranched alkanes of at least 4 members (excludes halogenated alkanes) is 18. The van der Waals surface area contributed by atoms with Crippen molar-refractivity contribution in [2.24, 2.45) is 0 Å². The summed E-state index contributed by atoms with van der Waals surface area (Å²) in [6.45, 7) is 11.7. The Labute approximate surface area is 202 Å². The molecular weight excluding hydrogens is 388 g/mol. The molecule has 0 aromatic carbocycles. The van der Waals surface area contributed by atoms with Crippen LogP contribution in [0.25, 0.3) is 0 Å². The zero-order valence-electron chi connectivity index (χ0n) is 22.7. The second-order valence-corrected chi connectivity index (χ2v) is 10.6. The van der Waals surface area contributed by atoms with Gasteiger partial charge in [0.2, 0.25) is 0 Å². The van der Waals surface area contributed by atoms with Crippen molar-refractivity contribution in [1.82, 2.24) is 4.57 Å². The van der Waals surface area contributed by atoms with Gasteiger partial charge in [-0.3, -0.25) is 0 Å². The molecule has 188 valence electrons. The third-order valence-electron chi connectivity index (χ3n) is 7.04.